The Kier molecular flexibility index (Phi) is 3.95. The third-order valence-electron chi connectivity index (χ3n) is 3.15. The number of hydrogen-bond donors (Lipinski definition) is 2. The summed E-state index contributed by atoms with van der Waals surface area (Å²) in [5, 5.41) is 0. The second-order valence-electron chi connectivity index (χ2n) is 4.42. The SMILES string of the molecule is O=c1[nH]cnc2c1ncn2[C@H]1CC[C@@H](CO[PH](O)=S)O1. The Balaban J connectivity index is 1.78. The van der Waals surface area contributed by atoms with E-state index >= 15 is 0 Å². The summed E-state index contributed by atoms with van der Waals surface area (Å²) in [6.45, 7) is 0.283. The normalized spacial score (nSPS) is 24.2. The van der Waals surface area contributed by atoms with Crippen LogP contribution in [0.3, 0.4) is 0 Å². The van der Waals surface area contributed by atoms with E-state index in [0.29, 0.717) is 11.2 Å². The van der Waals surface area contributed by atoms with Crippen LogP contribution in [0.2, 0.25) is 0 Å². The molecule has 3 heterocycles. The molecule has 1 aliphatic heterocycles. The molecule has 0 spiro atoms. The summed E-state index contributed by atoms with van der Waals surface area (Å²) in [5.41, 5.74) is 0.517. The first kappa shape index (κ1) is 13.8. The Labute approximate surface area is 119 Å². The molecule has 0 aliphatic carbocycles. The number of imidazole rings is 1. The average molecular weight is 316 g/mol. The van der Waals surface area contributed by atoms with E-state index in [2.05, 4.69) is 26.8 Å². The first-order valence-corrected chi connectivity index (χ1v) is 8.55. The number of aromatic nitrogens is 4. The highest BCUT2D eigenvalue weighted by Gasteiger charge is 2.28. The predicted octanol–water partition coefficient (Wildman–Crippen LogP) is 0.312. The molecular weight excluding hydrogens is 303 g/mol. The number of H-pyrrole nitrogens is 1. The van der Waals surface area contributed by atoms with Crippen LogP contribution in [0.1, 0.15) is 19.1 Å². The molecule has 2 aromatic heterocycles. The molecule has 1 fully saturated rings. The van der Waals surface area contributed by atoms with Gasteiger partial charge >= 0.3 is 0 Å². The van der Waals surface area contributed by atoms with Gasteiger partial charge in [-0.25, -0.2) is 9.97 Å². The average Bonchev–Trinajstić information content (AvgIpc) is 3.02. The fourth-order valence-corrected chi connectivity index (χ4v) is 2.78. The highest BCUT2D eigenvalue weighted by molar-refractivity contribution is 8.00. The molecule has 10 heteroatoms. The summed E-state index contributed by atoms with van der Waals surface area (Å²) < 4.78 is 12.6. The number of nitrogens with zero attached hydrogens (tertiary/aromatic N) is 3. The lowest BCUT2D eigenvalue weighted by atomic mass is 10.2. The summed E-state index contributed by atoms with van der Waals surface area (Å²) in [5.74, 6) is 0. The van der Waals surface area contributed by atoms with Gasteiger partial charge in [0.25, 0.3) is 5.56 Å². The molecule has 1 unspecified atom stereocenters. The lowest BCUT2D eigenvalue weighted by Gasteiger charge is -2.14. The van der Waals surface area contributed by atoms with Gasteiger partial charge in [-0.15, -0.1) is 0 Å². The Morgan fingerprint density at radius 2 is 2.45 bits per heavy atom. The monoisotopic (exact) mass is 316 g/mol. The van der Waals surface area contributed by atoms with Crippen molar-refractivity contribution in [2.75, 3.05) is 6.61 Å². The van der Waals surface area contributed by atoms with Gasteiger partial charge in [-0.1, -0.05) is 0 Å². The van der Waals surface area contributed by atoms with Crippen molar-refractivity contribution in [1.82, 2.24) is 19.5 Å². The van der Waals surface area contributed by atoms with Gasteiger partial charge in [0.2, 0.25) is 0 Å². The molecule has 8 nitrogen and oxygen atoms in total. The van der Waals surface area contributed by atoms with E-state index in [1.807, 2.05) is 0 Å². The van der Waals surface area contributed by atoms with Crippen molar-refractivity contribution in [3.05, 3.63) is 23.0 Å². The third-order valence-corrected chi connectivity index (χ3v) is 3.92. The fourth-order valence-electron chi connectivity index (χ4n) is 2.25. The van der Waals surface area contributed by atoms with Crippen LogP contribution in [0.15, 0.2) is 17.4 Å². The van der Waals surface area contributed by atoms with E-state index in [-0.39, 0.29) is 24.5 Å². The third kappa shape index (κ3) is 2.68. The minimum Gasteiger partial charge on any atom is -0.352 e. The molecule has 0 amide bonds. The van der Waals surface area contributed by atoms with Crippen LogP contribution in [0.4, 0.5) is 0 Å². The molecule has 3 rings (SSSR count). The zero-order valence-electron chi connectivity index (χ0n) is 10.4. The molecule has 2 aromatic rings. The minimum absolute atomic E-state index is 0.116. The van der Waals surface area contributed by atoms with E-state index in [9.17, 15) is 4.79 Å². The van der Waals surface area contributed by atoms with Crippen LogP contribution in [0.5, 0.6) is 0 Å². The number of fused-ring (bicyclic) bond motifs is 1. The maximum Gasteiger partial charge on any atom is 0.278 e. The molecule has 2 N–H and O–H groups in total. The standard InChI is InChI=1S/C10H13N4O4PS/c15-10-8-9(11-4-12-10)14(5-13-8)7-2-1-6(18-7)3-17-19(16)20/h4-7,19H,1-3H2,(H,16,20)(H,11,12,15)/t6-,7+/m0/s1. The van der Waals surface area contributed by atoms with Gasteiger partial charge in [0, 0.05) is 0 Å². The van der Waals surface area contributed by atoms with E-state index in [1.165, 1.54) is 6.33 Å². The van der Waals surface area contributed by atoms with Crippen LogP contribution < -0.4 is 5.56 Å². The maximum absolute atomic E-state index is 11.6. The van der Waals surface area contributed by atoms with E-state index in [1.54, 1.807) is 10.9 Å². The Morgan fingerprint density at radius 1 is 1.60 bits per heavy atom. The van der Waals surface area contributed by atoms with Gasteiger partial charge in [-0.3, -0.25) is 9.36 Å². The Bertz CT molecular complexity index is 702. The van der Waals surface area contributed by atoms with Crippen LogP contribution in [-0.2, 0) is 21.1 Å². The van der Waals surface area contributed by atoms with Crippen LogP contribution in [0.25, 0.3) is 11.2 Å². The molecule has 0 bridgehead atoms. The summed E-state index contributed by atoms with van der Waals surface area (Å²) in [6, 6.07) is 0. The highest BCUT2D eigenvalue weighted by Crippen LogP contribution is 2.31. The topological polar surface area (TPSA) is 102 Å². The number of hydrogen-bond acceptors (Lipinski definition) is 6. The quantitative estimate of drug-likeness (QED) is 0.783. The summed E-state index contributed by atoms with van der Waals surface area (Å²) in [4.78, 5) is 31.3. The summed E-state index contributed by atoms with van der Waals surface area (Å²) in [7, 11) is -2.11. The molecule has 1 aliphatic rings. The van der Waals surface area contributed by atoms with Crippen molar-refractivity contribution < 1.29 is 14.2 Å². The second kappa shape index (κ2) is 5.71. The molecular formula is C10H13N4O4PS. The molecule has 0 aromatic carbocycles. The minimum atomic E-state index is -2.11. The molecule has 0 radical (unpaired) electrons. The summed E-state index contributed by atoms with van der Waals surface area (Å²) >= 11 is 4.62. The zero-order valence-corrected chi connectivity index (χ0v) is 12.2. The van der Waals surface area contributed by atoms with Gasteiger partial charge in [0.1, 0.15) is 6.23 Å². The molecule has 1 saturated heterocycles. The number of rotatable bonds is 4. The number of ether oxygens (including phenoxy) is 1. The van der Waals surface area contributed by atoms with E-state index in [0.717, 1.165) is 12.8 Å². The van der Waals surface area contributed by atoms with Crippen molar-refractivity contribution in [3.8, 4) is 0 Å². The van der Waals surface area contributed by atoms with Gasteiger partial charge < -0.3 is 19.1 Å². The van der Waals surface area contributed by atoms with Gasteiger partial charge in [0.15, 0.2) is 18.3 Å². The molecule has 3 atom stereocenters. The van der Waals surface area contributed by atoms with Crippen molar-refractivity contribution in [2.24, 2.45) is 0 Å². The van der Waals surface area contributed by atoms with Crippen LogP contribution in [-0.4, -0.2) is 37.1 Å². The van der Waals surface area contributed by atoms with E-state index < -0.39 is 7.15 Å². The van der Waals surface area contributed by atoms with Gasteiger partial charge in [-0.05, 0) is 24.6 Å². The lowest BCUT2D eigenvalue weighted by Crippen LogP contribution is -2.15. The lowest BCUT2D eigenvalue weighted by molar-refractivity contribution is -0.0148. The van der Waals surface area contributed by atoms with Crippen molar-refractivity contribution >= 4 is 30.1 Å². The maximum atomic E-state index is 11.6. The second-order valence-corrected chi connectivity index (χ2v) is 6.29. The van der Waals surface area contributed by atoms with Crippen molar-refractivity contribution in [2.45, 2.75) is 25.2 Å². The zero-order chi connectivity index (χ0) is 14.1. The highest BCUT2D eigenvalue weighted by atomic mass is 32.4. The summed E-state index contributed by atoms with van der Waals surface area (Å²) in [6.07, 6.45) is 4.10. The predicted molar refractivity (Wildman–Crippen MR) is 75.1 cm³/mol. The Morgan fingerprint density at radius 3 is 3.25 bits per heavy atom. The van der Waals surface area contributed by atoms with Crippen LogP contribution in [0, 0.1) is 0 Å². The Hall–Kier alpha value is -1.12. The van der Waals surface area contributed by atoms with E-state index in [4.69, 9.17) is 14.2 Å². The number of aromatic amines is 1. The van der Waals surface area contributed by atoms with Crippen LogP contribution >= 0.6 is 7.15 Å². The smallest absolute Gasteiger partial charge is 0.278 e. The van der Waals surface area contributed by atoms with Gasteiger partial charge in [0.05, 0.1) is 25.4 Å². The molecule has 108 valence electrons. The van der Waals surface area contributed by atoms with Crippen molar-refractivity contribution in [3.63, 3.8) is 0 Å². The van der Waals surface area contributed by atoms with Gasteiger partial charge in [-0.2, -0.15) is 0 Å². The molecule has 0 saturated carbocycles. The first-order valence-electron chi connectivity index (χ1n) is 6.06. The first-order chi connectivity index (χ1) is 9.65. The largest absolute Gasteiger partial charge is 0.352 e. The van der Waals surface area contributed by atoms with Crippen molar-refractivity contribution in [1.29, 1.82) is 0 Å². The molecule has 20 heavy (non-hydrogen) atoms. The fraction of sp³-hybridized carbons (Fsp3) is 0.500. The number of nitrogens with one attached hydrogen (secondary N) is 1.